The normalized spacial score (nSPS) is 14.6. The van der Waals surface area contributed by atoms with Crippen LogP contribution in [0.5, 0.6) is 0 Å². The second-order valence-electron chi connectivity index (χ2n) is 14.3. The largest absolute Gasteiger partial charge is 0.480 e. The molecule has 0 radical (unpaired) electrons. The maximum Gasteiger partial charge on any atom is 0.326 e. The first-order valence-corrected chi connectivity index (χ1v) is 18.7. The lowest BCUT2D eigenvalue weighted by Crippen LogP contribution is -2.61. The third-order valence-electron chi connectivity index (χ3n) is 8.69. The molecule has 0 heterocycles. The van der Waals surface area contributed by atoms with Crippen molar-refractivity contribution in [3.63, 3.8) is 0 Å². The molecule has 1 aromatic rings. The molecule has 0 saturated heterocycles. The number of nitrogens with one attached hydrogen (secondary N) is 4. The number of benzene rings is 1. The van der Waals surface area contributed by atoms with Crippen molar-refractivity contribution in [2.24, 2.45) is 28.9 Å². The summed E-state index contributed by atoms with van der Waals surface area (Å²) in [5, 5.41) is 20.2. The Hall–Kier alpha value is -4.61. The average molecular weight is 762 g/mol. The summed E-state index contributed by atoms with van der Waals surface area (Å²) in [6.07, 6.45) is 2.17. The van der Waals surface area contributed by atoms with Crippen LogP contribution in [-0.2, 0) is 40.0 Å². The third-order valence-corrected chi connectivity index (χ3v) is 8.69. The van der Waals surface area contributed by atoms with E-state index < -0.39 is 90.1 Å². The number of nitrogens with zero attached hydrogens (tertiary/aromatic N) is 1. The van der Waals surface area contributed by atoms with Gasteiger partial charge in [-0.25, -0.2) is 4.79 Å². The van der Waals surface area contributed by atoms with Gasteiger partial charge in [-0.05, 0) is 90.3 Å². The number of amides is 6. The van der Waals surface area contributed by atoms with Crippen molar-refractivity contribution < 1.29 is 38.7 Å². The molecule has 0 fully saturated rings. The average Bonchev–Trinajstić information content (AvgIpc) is 3.09. The lowest BCUT2D eigenvalue weighted by Gasteiger charge is -2.37. The quantitative estimate of drug-likeness (QED) is 0.0537. The van der Waals surface area contributed by atoms with Crippen LogP contribution in [0.3, 0.4) is 0 Å². The summed E-state index contributed by atoms with van der Waals surface area (Å²) in [5.74, 6) is -5.42. The topological polar surface area (TPSA) is 295 Å². The molecule has 0 spiro atoms. The molecule has 0 aromatic heterocycles. The van der Waals surface area contributed by atoms with E-state index in [0.29, 0.717) is 44.3 Å². The molecular formula is C37H63N9O8. The van der Waals surface area contributed by atoms with E-state index in [1.165, 1.54) is 11.8 Å². The predicted octanol–water partition coefficient (Wildman–Crippen LogP) is -0.615. The monoisotopic (exact) mass is 761 g/mol. The third kappa shape index (κ3) is 17.0. The molecule has 17 heteroatoms. The maximum atomic E-state index is 14.2. The van der Waals surface area contributed by atoms with Gasteiger partial charge in [0.05, 0.1) is 12.5 Å². The van der Waals surface area contributed by atoms with Gasteiger partial charge in [-0.15, -0.1) is 0 Å². The maximum absolute atomic E-state index is 14.2. The Morgan fingerprint density at radius 2 is 1.26 bits per heavy atom. The molecule has 13 N–H and O–H groups in total. The van der Waals surface area contributed by atoms with Gasteiger partial charge in [0, 0.05) is 12.5 Å². The zero-order valence-corrected chi connectivity index (χ0v) is 32.3. The van der Waals surface area contributed by atoms with Crippen LogP contribution in [0.1, 0.15) is 91.5 Å². The van der Waals surface area contributed by atoms with E-state index in [-0.39, 0.29) is 31.6 Å². The summed E-state index contributed by atoms with van der Waals surface area (Å²) >= 11 is 0. The van der Waals surface area contributed by atoms with Crippen LogP contribution in [0.4, 0.5) is 0 Å². The Morgan fingerprint density at radius 1 is 0.704 bits per heavy atom. The number of nitrogens with two attached hydrogens (primary N) is 4. The number of aliphatic carboxylic acids is 1. The molecule has 1 rings (SSSR count). The highest BCUT2D eigenvalue weighted by Gasteiger charge is 2.37. The number of carboxylic acid groups (broad SMARTS) is 1. The molecule has 0 aliphatic heterocycles. The predicted molar refractivity (Wildman–Crippen MR) is 204 cm³/mol. The number of carboxylic acids is 1. The summed E-state index contributed by atoms with van der Waals surface area (Å²) < 4.78 is 0. The highest BCUT2D eigenvalue weighted by Crippen LogP contribution is 2.18. The van der Waals surface area contributed by atoms with Gasteiger partial charge in [0.25, 0.3) is 0 Å². The fourth-order valence-corrected chi connectivity index (χ4v) is 5.86. The van der Waals surface area contributed by atoms with Crippen molar-refractivity contribution in [3.05, 3.63) is 35.9 Å². The van der Waals surface area contributed by atoms with Crippen LogP contribution in [0.2, 0.25) is 0 Å². The minimum absolute atomic E-state index is 0.0317. The van der Waals surface area contributed by atoms with Crippen molar-refractivity contribution in [1.82, 2.24) is 26.2 Å². The Labute approximate surface area is 318 Å². The molecule has 1 aromatic carbocycles. The Balaban J connectivity index is 3.38. The fraction of sp³-hybridized carbons (Fsp3) is 0.649. The number of primary amides is 1. The Bertz CT molecular complexity index is 1380. The minimum Gasteiger partial charge on any atom is -0.480 e. The molecule has 6 amide bonds. The summed E-state index contributed by atoms with van der Waals surface area (Å²) in [4.78, 5) is 92.9. The molecule has 0 aliphatic rings. The number of hydrogen-bond acceptors (Lipinski definition) is 10. The van der Waals surface area contributed by atoms with Crippen molar-refractivity contribution in [2.45, 2.75) is 135 Å². The SMILES string of the molecule is CC(C)C[C@H](NC(=O)[C@H](Cc1ccccc1)NC(=O)[C@H](C)NC(=O)[C@H](CCCCN)N(C(=O)[C@H](CCCCN)NC(=O)[C@@H](N)CC(N)=O)C(C)C)C(=O)O. The van der Waals surface area contributed by atoms with Gasteiger partial charge in [0.15, 0.2) is 0 Å². The number of carbonyl (C=O) groups is 7. The van der Waals surface area contributed by atoms with Gasteiger partial charge < -0.3 is 54.2 Å². The van der Waals surface area contributed by atoms with Gasteiger partial charge >= 0.3 is 5.97 Å². The lowest BCUT2D eigenvalue weighted by atomic mass is 10.0. The van der Waals surface area contributed by atoms with E-state index in [9.17, 15) is 38.7 Å². The van der Waals surface area contributed by atoms with Crippen LogP contribution in [-0.4, -0.2) is 107 Å². The molecule has 0 saturated carbocycles. The molecule has 0 bridgehead atoms. The van der Waals surface area contributed by atoms with Gasteiger partial charge in [0.1, 0.15) is 30.2 Å². The molecule has 0 unspecified atom stereocenters. The second-order valence-corrected chi connectivity index (χ2v) is 14.3. The summed E-state index contributed by atoms with van der Waals surface area (Å²) in [6, 6.07) is 1.27. The van der Waals surface area contributed by atoms with Gasteiger partial charge in [-0.3, -0.25) is 28.8 Å². The first-order chi connectivity index (χ1) is 25.4. The Morgan fingerprint density at radius 3 is 1.78 bits per heavy atom. The van der Waals surface area contributed by atoms with Crippen LogP contribution in [0.15, 0.2) is 30.3 Å². The van der Waals surface area contributed by atoms with Crippen LogP contribution >= 0.6 is 0 Å². The van der Waals surface area contributed by atoms with Gasteiger partial charge in [-0.2, -0.15) is 0 Å². The summed E-state index contributed by atoms with van der Waals surface area (Å²) in [6.45, 7) is 9.19. The summed E-state index contributed by atoms with van der Waals surface area (Å²) in [7, 11) is 0. The highest BCUT2D eigenvalue weighted by atomic mass is 16.4. The van der Waals surface area contributed by atoms with E-state index in [2.05, 4.69) is 21.3 Å². The number of rotatable bonds is 26. The zero-order valence-electron chi connectivity index (χ0n) is 32.3. The number of carbonyl (C=O) groups excluding carboxylic acids is 6. The minimum atomic E-state index is -1.29. The number of unbranched alkanes of at least 4 members (excludes halogenated alkanes) is 2. The van der Waals surface area contributed by atoms with Gasteiger partial charge in [0.2, 0.25) is 35.4 Å². The molecule has 0 aliphatic carbocycles. The lowest BCUT2D eigenvalue weighted by molar-refractivity contribution is -0.146. The highest BCUT2D eigenvalue weighted by molar-refractivity contribution is 5.96. The van der Waals surface area contributed by atoms with E-state index in [1.807, 2.05) is 13.8 Å². The standard InChI is InChI=1S/C37H63N9O8/c1-22(2)19-29(37(53)54)45-34(50)28(20-25-13-7-6-8-14-25)44-32(48)24(5)42-35(51)30(16-10-12-18-39)46(23(3)4)36(52)27(15-9-11-17-38)43-33(49)26(40)21-31(41)47/h6-8,13-14,22-24,26-30H,9-12,15-21,38-40H2,1-5H3,(H2,41,47)(H,42,51)(H,43,49)(H,44,48)(H,45,50)(H,53,54)/t24-,26-,27-,28-,29-,30-/m0/s1. The van der Waals surface area contributed by atoms with Crippen molar-refractivity contribution in [3.8, 4) is 0 Å². The molecule has 6 atom stereocenters. The smallest absolute Gasteiger partial charge is 0.326 e. The van der Waals surface area contributed by atoms with Crippen LogP contribution < -0.4 is 44.2 Å². The van der Waals surface area contributed by atoms with Crippen molar-refractivity contribution in [2.75, 3.05) is 13.1 Å². The van der Waals surface area contributed by atoms with E-state index in [4.69, 9.17) is 22.9 Å². The molecule has 17 nitrogen and oxygen atoms in total. The van der Waals surface area contributed by atoms with Crippen LogP contribution in [0, 0.1) is 5.92 Å². The fourth-order valence-electron chi connectivity index (χ4n) is 5.86. The molecule has 304 valence electrons. The number of hydrogen-bond donors (Lipinski definition) is 9. The van der Waals surface area contributed by atoms with Gasteiger partial charge in [-0.1, -0.05) is 44.2 Å². The van der Waals surface area contributed by atoms with E-state index >= 15 is 0 Å². The van der Waals surface area contributed by atoms with Crippen molar-refractivity contribution >= 4 is 41.4 Å². The molecule has 54 heavy (non-hydrogen) atoms. The first-order valence-electron chi connectivity index (χ1n) is 18.7. The molecular weight excluding hydrogens is 698 g/mol. The van der Waals surface area contributed by atoms with Crippen LogP contribution in [0.25, 0.3) is 0 Å². The Kier molecular flexibility index (Phi) is 21.6. The van der Waals surface area contributed by atoms with Crippen molar-refractivity contribution in [1.29, 1.82) is 0 Å². The first kappa shape index (κ1) is 47.4. The van der Waals surface area contributed by atoms with E-state index in [1.54, 1.807) is 44.2 Å². The summed E-state index contributed by atoms with van der Waals surface area (Å²) in [5.41, 5.74) is 23.2. The van der Waals surface area contributed by atoms with E-state index in [0.717, 1.165) is 0 Å². The zero-order chi connectivity index (χ0) is 41.0. The second kappa shape index (κ2) is 24.7.